The van der Waals surface area contributed by atoms with Crippen molar-refractivity contribution in [3.8, 4) is 11.5 Å². The van der Waals surface area contributed by atoms with Gasteiger partial charge in [-0.3, -0.25) is 14.5 Å². The Hall–Kier alpha value is -3.14. The lowest BCUT2D eigenvalue weighted by atomic mass is 10.1. The van der Waals surface area contributed by atoms with Crippen molar-refractivity contribution in [2.75, 3.05) is 12.4 Å². The number of rotatable bonds is 10. The molecule has 34 heavy (non-hydrogen) atoms. The molecule has 3 rings (SSSR count). The topological polar surface area (TPSA) is 80.2 Å². The van der Waals surface area contributed by atoms with Gasteiger partial charge in [-0.25, -0.2) is 4.99 Å². The molecule has 1 fully saturated rings. The van der Waals surface area contributed by atoms with Gasteiger partial charge in [-0.15, -0.1) is 0 Å². The first-order valence-corrected chi connectivity index (χ1v) is 11.8. The summed E-state index contributed by atoms with van der Waals surface area (Å²) < 4.78 is 34.4. The summed E-state index contributed by atoms with van der Waals surface area (Å²) in [6.45, 7) is 1.06. The van der Waals surface area contributed by atoms with E-state index < -0.39 is 11.9 Å². The number of aliphatic imine (C=N–C) groups is 1. The summed E-state index contributed by atoms with van der Waals surface area (Å²) >= 11 is 1.22. The van der Waals surface area contributed by atoms with Crippen LogP contribution in [0.1, 0.15) is 33.1 Å². The Morgan fingerprint density at radius 3 is 2.56 bits per heavy atom. The minimum Gasteiger partial charge on any atom is -0.495 e. The van der Waals surface area contributed by atoms with E-state index in [9.17, 15) is 18.4 Å². The number of benzene rings is 2. The highest BCUT2D eigenvalue weighted by atomic mass is 32.2. The van der Waals surface area contributed by atoms with Crippen molar-refractivity contribution in [3.05, 3.63) is 48.5 Å². The van der Waals surface area contributed by atoms with Gasteiger partial charge in [-0.1, -0.05) is 37.2 Å². The number of methoxy groups -OCH3 is 1. The molecule has 0 spiro atoms. The second-order valence-corrected chi connectivity index (χ2v) is 8.84. The Morgan fingerprint density at radius 2 is 1.91 bits per heavy atom. The summed E-state index contributed by atoms with van der Waals surface area (Å²) in [4.78, 5) is 32.1. The van der Waals surface area contributed by atoms with Gasteiger partial charge in [0.25, 0.3) is 0 Å². The number of amides is 2. The molecule has 0 radical (unpaired) electrons. The smallest absolute Gasteiger partial charge is 0.387 e. The van der Waals surface area contributed by atoms with E-state index in [0.29, 0.717) is 22.3 Å². The van der Waals surface area contributed by atoms with Crippen LogP contribution in [0, 0.1) is 0 Å². The van der Waals surface area contributed by atoms with Gasteiger partial charge in [0.2, 0.25) is 11.8 Å². The number of carbonyl (C=O) groups excluding carboxylic acids is 2. The van der Waals surface area contributed by atoms with Crippen LogP contribution in [0.15, 0.2) is 53.5 Å². The van der Waals surface area contributed by atoms with Crippen molar-refractivity contribution in [2.24, 2.45) is 4.99 Å². The molecule has 1 aliphatic rings. The molecule has 0 saturated carbocycles. The summed E-state index contributed by atoms with van der Waals surface area (Å²) in [6.07, 6.45) is 1.62. The summed E-state index contributed by atoms with van der Waals surface area (Å²) in [5.41, 5.74) is 1.02. The Balaban J connectivity index is 1.77. The molecule has 2 atom stereocenters. The number of nitrogens with one attached hydrogen (secondary N) is 1. The van der Waals surface area contributed by atoms with Gasteiger partial charge in [0, 0.05) is 12.5 Å². The van der Waals surface area contributed by atoms with Crippen LogP contribution in [0.4, 0.5) is 20.2 Å². The fourth-order valence-corrected chi connectivity index (χ4v) is 4.82. The standard InChI is InChI=1S/C24H27F2N3O4S/c1-4-7-15(2)29-22(31)20(14-21(30)28-18-8-5-6-9-19(18)32-3)34-24(29)27-16-10-12-17(13-11-16)33-23(25)26/h5-6,8-13,15,20,23H,4,7,14H2,1-3H3,(H,28,30)/t15-,20+/m0/s1. The van der Waals surface area contributed by atoms with E-state index in [1.165, 1.54) is 31.0 Å². The number of anilines is 1. The minimum absolute atomic E-state index is 0.0243. The highest BCUT2D eigenvalue weighted by Gasteiger charge is 2.41. The second-order valence-electron chi connectivity index (χ2n) is 7.67. The third kappa shape index (κ3) is 6.47. The third-order valence-electron chi connectivity index (χ3n) is 5.15. The van der Waals surface area contributed by atoms with E-state index in [1.807, 2.05) is 13.8 Å². The lowest BCUT2D eigenvalue weighted by molar-refractivity contribution is -0.129. The zero-order valence-electron chi connectivity index (χ0n) is 19.2. The monoisotopic (exact) mass is 491 g/mol. The molecule has 0 unspecified atom stereocenters. The fourth-order valence-electron chi connectivity index (χ4n) is 3.58. The summed E-state index contributed by atoms with van der Waals surface area (Å²) in [7, 11) is 1.52. The lowest BCUT2D eigenvalue weighted by Crippen LogP contribution is -2.40. The number of hydrogen-bond donors (Lipinski definition) is 1. The van der Waals surface area contributed by atoms with Gasteiger partial charge in [0.1, 0.15) is 16.7 Å². The quantitative estimate of drug-likeness (QED) is 0.478. The van der Waals surface area contributed by atoms with Crippen LogP contribution < -0.4 is 14.8 Å². The van der Waals surface area contributed by atoms with E-state index in [1.54, 1.807) is 41.3 Å². The maximum Gasteiger partial charge on any atom is 0.387 e. The summed E-state index contributed by atoms with van der Waals surface area (Å²) in [5.74, 6) is 0.0582. The third-order valence-corrected chi connectivity index (χ3v) is 6.30. The maximum absolute atomic E-state index is 13.2. The average molecular weight is 492 g/mol. The minimum atomic E-state index is -2.91. The number of hydrogen-bond acceptors (Lipinski definition) is 6. The van der Waals surface area contributed by atoms with Crippen molar-refractivity contribution in [1.29, 1.82) is 0 Å². The lowest BCUT2D eigenvalue weighted by Gasteiger charge is -2.24. The van der Waals surface area contributed by atoms with E-state index in [2.05, 4.69) is 15.0 Å². The number of carbonyl (C=O) groups is 2. The van der Waals surface area contributed by atoms with Crippen molar-refractivity contribution in [1.82, 2.24) is 4.90 Å². The molecular formula is C24H27F2N3O4S. The molecule has 1 N–H and O–H groups in total. The van der Waals surface area contributed by atoms with Crippen LogP contribution in [-0.4, -0.2) is 46.9 Å². The molecule has 10 heteroatoms. The van der Waals surface area contributed by atoms with Gasteiger partial charge in [-0.2, -0.15) is 8.78 Å². The Labute approximate surface area is 201 Å². The SMILES string of the molecule is CCC[C@H](C)N1C(=O)[C@@H](CC(=O)Nc2ccccc2OC)SC1=Nc1ccc(OC(F)F)cc1. The van der Waals surface area contributed by atoms with Crippen molar-refractivity contribution >= 4 is 40.1 Å². The number of para-hydroxylation sites is 2. The average Bonchev–Trinajstić information content (AvgIpc) is 3.09. The van der Waals surface area contributed by atoms with Gasteiger partial charge in [-0.05, 0) is 49.7 Å². The first-order valence-electron chi connectivity index (χ1n) is 10.9. The van der Waals surface area contributed by atoms with Crippen LogP contribution in [0.3, 0.4) is 0 Å². The number of ether oxygens (including phenoxy) is 2. The zero-order chi connectivity index (χ0) is 24.7. The van der Waals surface area contributed by atoms with E-state index in [4.69, 9.17) is 4.74 Å². The molecule has 0 bridgehead atoms. The molecule has 182 valence electrons. The number of nitrogens with zero attached hydrogens (tertiary/aromatic N) is 2. The number of halogens is 2. The highest BCUT2D eigenvalue weighted by Crippen LogP contribution is 2.35. The van der Waals surface area contributed by atoms with Crippen LogP contribution in [0.2, 0.25) is 0 Å². The molecule has 2 amide bonds. The van der Waals surface area contributed by atoms with E-state index in [-0.39, 0.29) is 30.0 Å². The van der Waals surface area contributed by atoms with Gasteiger partial charge in [0.05, 0.1) is 18.5 Å². The maximum atomic E-state index is 13.2. The summed E-state index contributed by atoms with van der Waals surface area (Å²) in [5, 5.41) is 2.65. The normalized spacial score (nSPS) is 17.8. The Bertz CT molecular complexity index is 1030. The second kappa shape index (κ2) is 11.8. The van der Waals surface area contributed by atoms with Crippen molar-refractivity contribution in [2.45, 2.75) is 51.0 Å². The molecule has 1 aliphatic heterocycles. The Kier molecular flexibility index (Phi) is 8.86. The van der Waals surface area contributed by atoms with Crippen molar-refractivity contribution in [3.63, 3.8) is 0 Å². The van der Waals surface area contributed by atoms with Gasteiger partial charge >= 0.3 is 6.61 Å². The van der Waals surface area contributed by atoms with E-state index >= 15 is 0 Å². The first kappa shape index (κ1) is 25.5. The molecule has 1 saturated heterocycles. The van der Waals surface area contributed by atoms with Crippen LogP contribution in [0.5, 0.6) is 11.5 Å². The fraction of sp³-hybridized carbons (Fsp3) is 0.375. The van der Waals surface area contributed by atoms with Gasteiger partial charge in [0.15, 0.2) is 5.17 Å². The van der Waals surface area contributed by atoms with Crippen LogP contribution in [0.25, 0.3) is 0 Å². The molecular weight excluding hydrogens is 464 g/mol. The van der Waals surface area contributed by atoms with Crippen molar-refractivity contribution < 1.29 is 27.8 Å². The molecule has 7 nitrogen and oxygen atoms in total. The van der Waals surface area contributed by atoms with Gasteiger partial charge < -0.3 is 14.8 Å². The predicted molar refractivity (Wildman–Crippen MR) is 129 cm³/mol. The zero-order valence-corrected chi connectivity index (χ0v) is 20.0. The number of amidine groups is 1. The van der Waals surface area contributed by atoms with Crippen LogP contribution >= 0.6 is 11.8 Å². The number of alkyl halides is 2. The first-order chi connectivity index (χ1) is 16.3. The molecule has 2 aromatic carbocycles. The molecule has 2 aromatic rings. The molecule has 1 heterocycles. The molecule has 0 aliphatic carbocycles. The number of thioether (sulfide) groups is 1. The highest BCUT2D eigenvalue weighted by molar-refractivity contribution is 8.15. The van der Waals surface area contributed by atoms with E-state index in [0.717, 1.165) is 12.8 Å². The molecule has 0 aromatic heterocycles. The van der Waals surface area contributed by atoms with Crippen LogP contribution in [-0.2, 0) is 9.59 Å². The largest absolute Gasteiger partial charge is 0.495 e. The Morgan fingerprint density at radius 1 is 1.21 bits per heavy atom. The summed E-state index contributed by atoms with van der Waals surface area (Å²) in [6, 6.07) is 12.8. The predicted octanol–water partition coefficient (Wildman–Crippen LogP) is 5.45.